The average Bonchev–Trinajstić information content (AvgIpc) is 3.31. The standard InChI is InChI=1S/C20H13F6N5O/c1-10-7-12-14(6-5-11(8-27)17(12)20(24,25)26)31(10)9-16-29-18(32-30-16)13-3-2-4-15(28-13)19(21,22)23/h3,5-7H,2,4,9H2,1H3. The lowest BCUT2D eigenvalue weighted by Crippen LogP contribution is -2.24. The van der Waals surface area contributed by atoms with Crippen LogP contribution in [0.2, 0.25) is 0 Å². The van der Waals surface area contributed by atoms with Crippen molar-refractivity contribution >= 4 is 22.3 Å². The summed E-state index contributed by atoms with van der Waals surface area (Å²) in [6, 6.07) is 5.34. The number of nitrogens with zero attached hydrogens (tertiary/aromatic N) is 5. The topological polar surface area (TPSA) is 80.0 Å². The normalized spacial score (nSPS) is 14.9. The third kappa shape index (κ3) is 3.86. The lowest BCUT2D eigenvalue weighted by atomic mass is 10.0. The molecular weight excluding hydrogens is 440 g/mol. The highest BCUT2D eigenvalue weighted by Crippen LogP contribution is 2.38. The number of aryl methyl sites for hydroxylation is 1. The molecule has 0 unspecified atom stereocenters. The zero-order chi connectivity index (χ0) is 23.3. The van der Waals surface area contributed by atoms with Crippen LogP contribution in [0.3, 0.4) is 0 Å². The molecule has 0 amide bonds. The summed E-state index contributed by atoms with van der Waals surface area (Å²) < 4.78 is 86.0. The predicted molar refractivity (Wildman–Crippen MR) is 100 cm³/mol. The van der Waals surface area contributed by atoms with Crippen molar-refractivity contribution in [1.29, 1.82) is 5.26 Å². The van der Waals surface area contributed by atoms with Crippen LogP contribution in [0.1, 0.15) is 41.4 Å². The van der Waals surface area contributed by atoms with Crippen molar-refractivity contribution < 1.29 is 30.9 Å². The third-order valence-corrected chi connectivity index (χ3v) is 4.98. The largest absolute Gasteiger partial charge is 0.429 e. The Bertz CT molecular complexity index is 1300. The van der Waals surface area contributed by atoms with Crippen LogP contribution < -0.4 is 0 Å². The molecule has 3 heterocycles. The van der Waals surface area contributed by atoms with E-state index in [1.165, 1.54) is 22.8 Å². The SMILES string of the molecule is Cc1cc2c(C(F)(F)F)c(C#N)ccc2n1Cc1noc(C2=CCCC(C(F)(F)F)=N2)n1. The first-order valence-electron chi connectivity index (χ1n) is 9.27. The van der Waals surface area contributed by atoms with Gasteiger partial charge in [0.05, 0.1) is 23.7 Å². The maximum atomic E-state index is 13.6. The van der Waals surface area contributed by atoms with E-state index in [1.807, 2.05) is 0 Å². The fraction of sp³-hybridized carbons (Fsp3) is 0.300. The van der Waals surface area contributed by atoms with E-state index in [1.54, 1.807) is 13.0 Å². The molecule has 6 nitrogen and oxygen atoms in total. The van der Waals surface area contributed by atoms with Crippen molar-refractivity contribution in [3.8, 4) is 6.07 Å². The average molecular weight is 453 g/mol. The second-order valence-corrected chi connectivity index (χ2v) is 7.10. The van der Waals surface area contributed by atoms with Crippen molar-refractivity contribution in [1.82, 2.24) is 14.7 Å². The predicted octanol–water partition coefficient (Wildman–Crippen LogP) is 5.41. The summed E-state index contributed by atoms with van der Waals surface area (Å²) in [5, 5.41) is 12.7. The van der Waals surface area contributed by atoms with Crippen molar-refractivity contribution in [3.05, 3.63) is 52.8 Å². The first-order chi connectivity index (χ1) is 15.0. The summed E-state index contributed by atoms with van der Waals surface area (Å²) in [6.07, 6.45) is -8.00. The summed E-state index contributed by atoms with van der Waals surface area (Å²) in [4.78, 5) is 7.62. The summed E-state index contributed by atoms with van der Waals surface area (Å²) >= 11 is 0. The minimum absolute atomic E-state index is 0.0498. The highest BCUT2D eigenvalue weighted by Gasteiger charge is 2.37. The molecule has 4 rings (SSSR count). The van der Waals surface area contributed by atoms with Crippen molar-refractivity contribution in [2.75, 3.05) is 0 Å². The van der Waals surface area contributed by atoms with E-state index in [0.29, 0.717) is 5.69 Å². The van der Waals surface area contributed by atoms with Gasteiger partial charge in [0, 0.05) is 16.6 Å². The van der Waals surface area contributed by atoms with Crippen LogP contribution in [0.25, 0.3) is 16.6 Å². The number of benzene rings is 1. The Balaban J connectivity index is 1.70. The molecule has 1 aliphatic rings. The zero-order valence-corrected chi connectivity index (χ0v) is 16.3. The fourth-order valence-electron chi connectivity index (χ4n) is 3.57. The smallest absolute Gasteiger partial charge is 0.337 e. The summed E-state index contributed by atoms with van der Waals surface area (Å²) in [7, 11) is 0. The van der Waals surface area contributed by atoms with E-state index in [2.05, 4.69) is 15.1 Å². The number of halogens is 6. The molecule has 1 aromatic carbocycles. The summed E-state index contributed by atoms with van der Waals surface area (Å²) in [5.74, 6) is -0.160. The highest BCUT2D eigenvalue weighted by molar-refractivity contribution is 5.95. The second kappa shape index (κ2) is 7.51. The van der Waals surface area contributed by atoms with Gasteiger partial charge in [-0.25, -0.2) is 4.99 Å². The fourth-order valence-corrected chi connectivity index (χ4v) is 3.57. The van der Waals surface area contributed by atoms with Crippen LogP contribution in [-0.2, 0) is 12.7 Å². The minimum atomic E-state index is -4.73. The van der Waals surface area contributed by atoms with Crippen LogP contribution in [-0.4, -0.2) is 26.6 Å². The number of aromatic nitrogens is 3. The van der Waals surface area contributed by atoms with Crippen LogP contribution in [0.4, 0.5) is 26.3 Å². The number of hydrogen-bond acceptors (Lipinski definition) is 5. The Morgan fingerprint density at radius 2 is 1.91 bits per heavy atom. The number of allylic oxidation sites excluding steroid dienone is 1. The van der Waals surface area contributed by atoms with Crippen LogP contribution in [0.15, 0.2) is 33.8 Å². The quantitative estimate of drug-likeness (QED) is 0.497. The maximum absolute atomic E-state index is 13.6. The van der Waals surface area contributed by atoms with Gasteiger partial charge in [0.2, 0.25) is 0 Å². The van der Waals surface area contributed by atoms with Gasteiger partial charge in [-0.2, -0.15) is 36.6 Å². The summed E-state index contributed by atoms with van der Waals surface area (Å²) in [5.41, 5.74) is -1.93. The molecular formula is C20H13F6N5O. The maximum Gasteiger partial charge on any atom is 0.429 e. The number of hydrogen-bond donors (Lipinski definition) is 0. The van der Waals surface area contributed by atoms with Gasteiger partial charge in [-0.1, -0.05) is 11.2 Å². The Morgan fingerprint density at radius 3 is 2.56 bits per heavy atom. The first kappa shape index (κ1) is 21.6. The lowest BCUT2D eigenvalue weighted by molar-refractivity contribution is -0.136. The molecule has 1 aliphatic heterocycles. The Labute approximate surface area is 176 Å². The molecule has 0 fully saturated rings. The molecule has 0 saturated heterocycles. The van der Waals surface area contributed by atoms with Gasteiger partial charge < -0.3 is 9.09 Å². The Morgan fingerprint density at radius 1 is 1.16 bits per heavy atom. The molecule has 12 heteroatoms. The first-order valence-corrected chi connectivity index (χ1v) is 9.27. The van der Waals surface area contributed by atoms with Gasteiger partial charge in [0.25, 0.3) is 5.89 Å². The number of alkyl halides is 6. The molecule has 0 bridgehead atoms. The molecule has 3 aromatic rings. The molecule has 0 aliphatic carbocycles. The Hall–Kier alpha value is -3.62. The molecule has 0 N–H and O–H groups in total. The van der Waals surface area contributed by atoms with E-state index in [-0.39, 0.29) is 47.7 Å². The molecule has 0 radical (unpaired) electrons. The van der Waals surface area contributed by atoms with Gasteiger partial charge in [-0.05, 0) is 38.0 Å². The van der Waals surface area contributed by atoms with Gasteiger partial charge in [0.15, 0.2) is 5.82 Å². The lowest BCUT2D eigenvalue weighted by Gasteiger charge is -2.13. The highest BCUT2D eigenvalue weighted by atomic mass is 19.4. The van der Waals surface area contributed by atoms with Gasteiger partial charge in [0.1, 0.15) is 11.4 Å². The molecule has 0 atom stereocenters. The van der Waals surface area contributed by atoms with E-state index >= 15 is 0 Å². The third-order valence-electron chi connectivity index (χ3n) is 4.98. The number of rotatable bonds is 3. The monoisotopic (exact) mass is 453 g/mol. The van der Waals surface area contributed by atoms with Crippen LogP contribution >= 0.6 is 0 Å². The zero-order valence-electron chi connectivity index (χ0n) is 16.3. The molecule has 0 spiro atoms. The molecule has 32 heavy (non-hydrogen) atoms. The molecule has 166 valence electrons. The van der Waals surface area contributed by atoms with Crippen molar-refractivity contribution in [2.45, 2.75) is 38.7 Å². The van der Waals surface area contributed by atoms with E-state index in [0.717, 1.165) is 6.07 Å². The van der Waals surface area contributed by atoms with E-state index in [4.69, 9.17) is 9.78 Å². The van der Waals surface area contributed by atoms with Gasteiger partial charge >= 0.3 is 12.4 Å². The molecule has 2 aromatic heterocycles. The number of fused-ring (bicyclic) bond motifs is 1. The number of nitriles is 1. The number of aliphatic imine (C=N–C) groups is 1. The molecule has 0 saturated carbocycles. The van der Waals surface area contributed by atoms with E-state index < -0.39 is 29.2 Å². The van der Waals surface area contributed by atoms with Gasteiger partial charge in [-0.15, -0.1) is 0 Å². The Kier molecular flexibility index (Phi) is 5.07. The summed E-state index contributed by atoms with van der Waals surface area (Å²) in [6.45, 7) is 1.49. The van der Waals surface area contributed by atoms with Crippen molar-refractivity contribution in [2.24, 2.45) is 4.99 Å². The second-order valence-electron chi connectivity index (χ2n) is 7.10. The van der Waals surface area contributed by atoms with Crippen LogP contribution in [0.5, 0.6) is 0 Å². The van der Waals surface area contributed by atoms with Crippen molar-refractivity contribution in [3.63, 3.8) is 0 Å². The van der Waals surface area contributed by atoms with Crippen LogP contribution in [0, 0.1) is 18.3 Å². The van der Waals surface area contributed by atoms with E-state index in [9.17, 15) is 26.3 Å². The van der Waals surface area contributed by atoms with Gasteiger partial charge in [-0.3, -0.25) is 0 Å². The minimum Gasteiger partial charge on any atom is -0.337 e.